The summed E-state index contributed by atoms with van der Waals surface area (Å²) in [5.74, 6) is 0.281. The molecule has 0 radical (unpaired) electrons. The fourth-order valence-corrected chi connectivity index (χ4v) is 6.02. The van der Waals surface area contributed by atoms with Gasteiger partial charge in [0, 0.05) is 12.6 Å². The van der Waals surface area contributed by atoms with Gasteiger partial charge in [0.2, 0.25) is 0 Å². The van der Waals surface area contributed by atoms with Crippen LogP contribution in [0.4, 0.5) is 0 Å². The Bertz CT molecular complexity index is 500. The van der Waals surface area contributed by atoms with Gasteiger partial charge in [0.05, 0.1) is 3.79 Å². The average Bonchev–Trinajstić information content (AvgIpc) is 2.85. The molecule has 1 saturated heterocycles. The van der Waals surface area contributed by atoms with E-state index in [1.54, 1.807) is 16.4 Å². The van der Waals surface area contributed by atoms with Gasteiger partial charge >= 0.3 is 0 Å². The molecule has 7 heteroatoms. The van der Waals surface area contributed by atoms with Gasteiger partial charge in [0.25, 0.3) is 10.0 Å². The van der Waals surface area contributed by atoms with Crippen LogP contribution in [0.15, 0.2) is 20.1 Å². The zero-order chi connectivity index (χ0) is 12.6. The molecule has 0 amide bonds. The Morgan fingerprint density at radius 3 is 2.76 bits per heavy atom. The number of hydrogen-bond donors (Lipinski definition) is 1. The largest absolute Gasteiger partial charge is 0.330 e. The SMILES string of the molecule is CC1CC(CN)CN1S(=O)(=O)c1ccc(Br)s1. The molecule has 0 saturated carbocycles. The number of nitrogens with two attached hydrogens (primary N) is 1. The first-order chi connectivity index (χ1) is 7.95. The topological polar surface area (TPSA) is 63.4 Å². The summed E-state index contributed by atoms with van der Waals surface area (Å²) in [6.07, 6.45) is 0.849. The van der Waals surface area contributed by atoms with Gasteiger partial charge in [-0.3, -0.25) is 0 Å². The molecule has 1 fully saturated rings. The molecule has 1 aromatic rings. The number of sulfonamides is 1. The Balaban J connectivity index is 2.28. The minimum Gasteiger partial charge on any atom is -0.330 e. The van der Waals surface area contributed by atoms with Gasteiger partial charge in [-0.25, -0.2) is 8.42 Å². The number of halogens is 1. The molecule has 0 aromatic carbocycles. The monoisotopic (exact) mass is 338 g/mol. The molecule has 4 nitrogen and oxygen atoms in total. The lowest BCUT2D eigenvalue weighted by Gasteiger charge is -2.19. The summed E-state index contributed by atoms with van der Waals surface area (Å²) in [7, 11) is -3.34. The van der Waals surface area contributed by atoms with Crippen molar-refractivity contribution in [2.45, 2.75) is 23.6 Å². The van der Waals surface area contributed by atoms with E-state index in [2.05, 4.69) is 15.9 Å². The van der Waals surface area contributed by atoms with E-state index in [0.29, 0.717) is 17.3 Å². The molecule has 2 unspecified atom stereocenters. The average molecular weight is 339 g/mol. The predicted molar refractivity (Wildman–Crippen MR) is 72.5 cm³/mol. The second-order valence-corrected chi connectivity index (χ2v) is 8.90. The van der Waals surface area contributed by atoms with Crippen molar-refractivity contribution in [3.8, 4) is 0 Å². The van der Waals surface area contributed by atoms with Crippen molar-refractivity contribution >= 4 is 37.3 Å². The molecule has 2 N–H and O–H groups in total. The van der Waals surface area contributed by atoms with E-state index < -0.39 is 10.0 Å². The second-order valence-electron chi connectivity index (χ2n) is 4.32. The van der Waals surface area contributed by atoms with Crippen LogP contribution in [-0.4, -0.2) is 31.9 Å². The van der Waals surface area contributed by atoms with E-state index >= 15 is 0 Å². The van der Waals surface area contributed by atoms with Gasteiger partial charge in [0.1, 0.15) is 4.21 Å². The summed E-state index contributed by atoms with van der Waals surface area (Å²) in [6, 6.07) is 3.44. The number of thiophene rings is 1. The van der Waals surface area contributed by atoms with Gasteiger partial charge in [-0.1, -0.05) is 0 Å². The molecule has 0 aliphatic carbocycles. The molecule has 0 bridgehead atoms. The summed E-state index contributed by atoms with van der Waals surface area (Å²) in [5, 5.41) is 0. The highest BCUT2D eigenvalue weighted by Gasteiger charge is 2.37. The van der Waals surface area contributed by atoms with Crippen LogP contribution >= 0.6 is 27.3 Å². The van der Waals surface area contributed by atoms with E-state index in [9.17, 15) is 8.42 Å². The van der Waals surface area contributed by atoms with E-state index in [-0.39, 0.29) is 12.0 Å². The lowest BCUT2D eigenvalue weighted by atomic mass is 10.1. The Morgan fingerprint density at radius 2 is 2.29 bits per heavy atom. The van der Waals surface area contributed by atoms with Crippen LogP contribution in [0.5, 0.6) is 0 Å². The lowest BCUT2D eigenvalue weighted by Crippen LogP contribution is -2.34. The first kappa shape index (κ1) is 13.5. The van der Waals surface area contributed by atoms with E-state index in [0.717, 1.165) is 10.2 Å². The maximum atomic E-state index is 12.4. The van der Waals surface area contributed by atoms with Crippen molar-refractivity contribution in [3.05, 3.63) is 15.9 Å². The second kappa shape index (κ2) is 4.97. The summed E-state index contributed by atoms with van der Waals surface area (Å²) in [4.78, 5) is 0. The molecular formula is C10H15BrN2O2S2. The predicted octanol–water partition coefficient (Wildman–Crippen LogP) is 1.87. The van der Waals surface area contributed by atoms with Crippen LogP contribution in [0.1, 0.15) is 13.3 Å². The molecule has 17 heavy (non-hydrogen) atoms. The van der Waals surface area contributed by atoms with Crippen molar-refractivity contribution in [3.63, 3.8) is 0 Å². The molecule has 2 rings (SSSR count). The van der Waals surface area contributed by atoms with Gasteiger partial charge in [-0.15, -0.1) is 11.3 Å². The van der Waals surface area contributed by atoms with Crippen LogP contribution in [0, 0.1) is 5.92 Å². The maximum absolute atomic E-state index is 12.4. The third-order valence-electron chi connectivity index (χ3n) is 3.05. The maximum Gasteiger partial charge on any atom is 0.252 e. The molecule has 1 aromatic heterocycles. The molecule has 0 spiro atoms. The Labute approximate surface area is 114 Å². The van der Waals surface area contributed by atoms with Gasteiger partial charge in [-0.05, 0) is 53.9 Å². The fraction of sp³-hybridized carbons (Fsp3) is 0.600. The smallest absolute Gasteiger partial charge is 0.252 e. The zero-order valence-electron chi connectivity index (χ0n) is 9.47. The van der Waals surface area contributed by atoms with Gasteiger partial charge in [-0.2, -0.15) is 4.31 Å². The summed E-state index contributed by atoms with van der Waals surface area (Å²) in [6.45, 7) is 3.02. The van der Waals surface area contributed by atoms with Crippen molar-refractivity contribution in [2.24, 2.45) is 11.7 Å². The highest BCUT2D eigenvalue weighted by Crippen LogP contribution is 2.33. The van der Waals surface area contributed by atoms with Crippen LogP contribution in [0.2, 0.25) is 0 Å². The van der Waals surface area contributed by atoms with Crippen LogP contribution < -0.4 is 5.73 Å². The third-order valence-corrected chi connectivity index (χ3v) is 7.12. The molecule has 1 aliphatic heterocycles. The highest BCUT2D eigenvalue weighted by molar-refractivity contribution is 9.11. The summed E-state index contributed by atoms with van der Waals surface area (Å²) in [5.41, 5.74) is 5.62. The molecule has 2 atom stereocenters. The standard InChI is InChI=1S/C10H15BrN2O2S2/c1-7-4-8(5-12)6-13(7)17(14,15)10-3-2-9(11)16-10/h2-3,7-8H,4-6,12H2,1H3. The lowest BCUT2D eigenvalue weighted by molar-refractivity contribution is 0.406. The Morgan fingerprint density at radius 1 is 1.59 bits per heavy atom. The van der Waals surface area contributed by atoms with Crippen LogP contribution in [0.25, 0.3) is 0 Å². The Hall–Kier alpha value is 0.0500. The van der Waals surface area contributed by atoms with Crippen molar-refractivity contribution in [2.75, 3.05) is 13.1 Å². The van der Waals surface area contributed by atoms with E-state index in [1.807, 2.05) is 6.92 Å². The minimum absolute atomic E-state index is 0.0365. The molecule has 1 aliphatic rings. The van der Waals surface area contributed by atoms with Crippen molar-refractivity contribution in [1.82, 2.24) is 4.31 Å². The molecular weight excluding hydrogens is 324 g/mol. The van der Waals surface area contributed by atoms with E-state index in [4.69, 9.17) is 5.73 Å². The number of hydrogen-bond acceptors (Lipinski definition) is 4. The summed E-state index contributed by atoms with van der Waals surface area (Å²) < 4.78 is 27.6. The fourth-order valence-electron chi connectivity index (χ4n) is 2.17. The highest BCUT2D eigenvalue weighted by atomic mass is 79.9. The van der Waals surface area contributed by atoms with Crippen molar-refractivity contribution < 1.29 is 8.42 Å². The zero-order valence-corrected chi connectivity index (χ0v) is 12.7. The molecule has 2 heterocycles. The first-order valence-electron chi connectivity index (χ1n) is 5.42. The number of nitrogens with zero attached hydrogens (tertiary/aromatic N) is 1. The molecule has 96 valence electrons. The quantitative estimate of drug-likeness (QED) is 0.914. The number of rotatable bonds is 3. The minimum atomic E-state index is -3.34. The summed E-state index contributed by atoms with van der Waals surface area (Å²) >= 11 is 4.54. The van der Waals surface area contributed by atoms with E-state index in [1.165, 1.54) is 11.3 Å². The Kier molecular flexibility index (Phi) is 3.94. The van der Waals surface area contributed by atoms with Gasteiger partial charge in [0.15, 0.2) is 0 Å². The third kappa shape index (κ3) is 2.58. The normalized spacial score (nSPS) is 26.5. The van der Waals surface area contributed by atoms with Crippen molar-refractivity contribution in [1.29, 1.82) is 0 Å². The first-order valence-corrected chi connectivity index (χ1v) is 8.47. The van der Waals surface area contributed by atoms with Crippen LogP contribution in [-0.2, 0) is 10.0 Å². The van der Waals surface area contributed by atoms with Gasteiger partial charge < -0.3 is 5.73 Å². The van der Waals surface area contributed by atoms with Crippen LogP contribution in [0.3, 0.4) is 0 Å².